The lowest BCUT2D eigenvalue weighted by atomic mass is 10.0. The summed E-state index contributed by atoms with van der Waals surface area (Å²) < 4.78 is 5.20. The van der Waals surface area contributed by atoms with Crippen molar-refractivity contribution in [3.63, 3.8) is 0 Å². The molecule has 1 fully saturated rings. The van der Waals surface area contributed by atoms with Crippen molar-refractivity contribution in [2.75, 3.05) is 31.6 Å². The zero-order valence-electron chi connectivity index (χ0n) is 10.9. The average Bonchev–Trinajstić information content (AvgIpc) is 2.27. The van der Waals surface area contributed by atoms with E-state index >= 15 is 0 Å². The van der Waals surface area contributed by atoms with Crippen LogP contribution in [-0.4, -0.2) is 42.3 Å². The van der Waals surface area contributed by atoms with Gasteiger partial charge in [0.2, 0.25) is 5.88 Å². The summed E-state index contributed by atoms with van der Waals surface area (Å²) in [6.45, 7) is 9.20. The first-order valence-electron chi connectivity index (χ1n) is 5.91. The highest BCUT2D eigenvalue weighted by molar-refractivity contribution is 5.45. The van der Waals surface area contributed by atoms with E-state index in [0.29, 0.717) is 5.88 Å². The normalized spacial score (nSPS) is 19.2. The monoisotopic (exact) mass is 236 g/mol. The first kappa shape index (κ1) is 12.1. The minimum absolute atomic E-state index is 0.0596. The number of nitrogens with one attached hydrogen (secondary N) is 1. The zero-order valence-corrected chi connectivity index (χ0v) is 10.9. The molecule has 1 aromatic rings. The molecule has 5 heteroatoms. The predicted octanol–water partition coefficient (Wildman–Crippen LogP) is 0.982. The third kappa shape index (κ3) is 2.49. The number of hydrogen-bond acceptors (Lipinski definition) is 5. The Morgan fingerprint density at radius 3 is 2.82 bits per heavy atom. The van der Waals surface area contributed by atoms with Crippen LogP contribution in [-0.2, 0) is 0 Å². The van der Waals surface area contributed by atoms with Crippen molar-refractivity contribution in [3.05, 3.63) is 11.9 Å². The summed E-state index contributed by atoms with van der Waals surface area (Å²) in [7, 11) is 1.63. The molecule has 0 radical (unpaired) electrons. The number of ether oxygens (including phenoxy) is 1. The second kappa shape index (κ2) is 4.49. The maximum atomic E-state index is 5.20. The molecule has 0 spiro atoms. The van der Waals surface area contributed by atoms with Gasteiger partial charge in [0.15, 0.2) is 0 Å². The van der Waals surface area contributed by atoms with Crippen molar-refractivity contribution in [1.29, 1.82) is 0 Å². The maximum Gasteiger partial charge on any atom is 0.218 e. The van der Waals surface area contributed by atoms with Crippen molar-refractivity contribution in [1.82, 2.24) is 15.3 Å². The fourth-order valence-electron chi connectivity index (χ4n) is 2.18. The minimum Gasteiger partial charge on any atom is -0.481 e. The highest BCUT2D eigenvalue weighted by atomic mass is 16.5. The van der Waals surface area contributed by atoms with Crippen molar-refractivity contribution in [2.24, 2.45) is 0 Å². The molecule has 1 saturated heterocycles. The number of rotatable bonds is 2. The van der Waals surface area contributed by atoms with E-state index in [0.717, 1.165) is 31.3 Å². The molecule has 0 aliphatic carbocycles. The second-order valence-electron chi connectivity index (χ2n) is 4.96. The van der Waals surface area contributed by atoms with Crippen molar-refractivity contribution < 1.29 is 4.74 Å². The molecule has 2 heterocycles. The highest BCUT2D eigenvalue weighted by Crippen LogP contribution is 2.25. The topological polar surface area (TPSA) is 50.3 Å². The molecule has 5 nitrogen and oxygen atoms in total. The van der Waals surface area contributed by atoms with E-state index < -0.39 is 0 Å². The van der Waals surface area contributed by atoms with E-state index in [1.807, 2.05) is 13.0 Å². The molecule has 0 aromatic carbocycles. The third-order valence-electron chi connectivity index (χ3n) is 3.09. The van der Waals surface area contributed by atoms with Crippen molar-refractivity contribution >= 4 is 5.82 Å². The van der Waals surface area contributed by atoms with E-state index in [2.05, 4.69) is 34.0 Å². The van der Waals surface area contributed by atoms with Gasteiger partial charge in [0.1, 0.15) is 11.6 Å². The molecule has 0 saturated carbocycles. The molecule has 0 amide bonds. The summed E-state index contributed by atoms with van der Waals surface area (Å²) in [5.74, 6) is 2.32. The van der Waals surface area contributed by atoms with E-state index in [1.165, 1.54) is 0 Å². The van der Waals surface area contributed by atoms with Crippen LogP contribution in [0.4, 0.5) is 5.82 Å². The van der Waals surface area contributed by atoms with Gasteiger partial charge in [0.25, 0.3) is 0 Å². The van der Waals surface area contributed by atoms with Gasteiger partial charge < -0.3 is 15.0 Å². The van der Waals surface area contributed by atoms with Crippen LogP contribution in [0.5, 0.6) is 5.88 Å². The first-order chi connectivity index (χ1) is 8.03. The van der Waals surface area contributed by atoms with E-state index in [1.54, 1.807) is 7.11 Å². The lowest BCUT2D eigenvalue weighted by Crippen LogP contribution is -2.58. The van der Waals surface area contributed by atoms with Gasteiger partial charge in [-0.2, -0.15) is 4.98 Å². The fraction of sp³-hybridized carbons (Fsp3) is 0.667. The number of nitrogens with zero attached hydrogens (tertiary/aromatic N) is 3. The second-order valence-corrected chi connectivity index (χ2v) is 4.96. The maximum absolute atomic E-state index is 5.20. The van der Waals surface area contributed by atoms with Crippen LogP contribution in [0, 0.1) is 6.92 Å². The van der Waals surface area contributed by atoms with Gasteiger partial charge in [-0.05, 0) is 20.8 Å². The smallest absolute Gasteiger partial charge is 0.218 e. The largest absolute Gasteiger partial charge is 0.481 e. The van der Waals surface area contributed by atoms with E-state index in [4.69, 9.17) is 4.74 Å². The average molecular weight is 236 g/mol. The molecular formula is C12H20N4O. The number of methoxy groups -OCH3 is 1. The Balaban J connectivity index is 2.35. The Hall–Kier alpha value is -1.36. The first-order valence-corrected chi connectivity index (χ1v) is 5.91. The zero-order chi connectivity index (χ0) is 12.5. The lowest BCUT2D eigenvalue weighted by molar-refractivity contribution is 0.372. The Morgan fingerprint density at radius 1 is 1.41 bits per heavy atom. The summed E-state index contributed by atoms with van der Waals surface area (Å²) in [6, 6.07) is 1.90. The van der Waals surface area contributed by atoms with Crippen molar-refractivity contribution in [2.45, 2.75) is 26.3 Å². The Labute approximate surface area is 102 Å². The summed E-state index contributed by atoms with van der Waals surface area (Å²) in [6.07, 6.45) is 0. The van der Waals surface area contributed by atoms with Crippen molar-refractivity contribution in [3.8, 4) is 5.88 Å². The van der Waals surface area contributed by atoms with Gasteiger partial charge in [0, 0.05) is 31.2 Å². The molecule has 0 atom stereocenters. The lowest BCUT2D eigenvalue weighted by Gasteiger charge is -2.43. The van der Waals surface area contributed by atoms with Crippen LogP contribution in [0.1, 0.15) is 19.7 Å². The molecule has 0 bridgehead atoms. The quantitative estimate of drug-likeness (QED) is 0.829. The molecule has 17 heavy (non-hydrogen) atoms. The molecule has 1 aliphatic rings. The van der Waals surface area contributed by atoms with Gasteiger partial charge in [-0.15, -0.1) is 0 Å². The van der Waals surface area contributed by atoms with Crippen LogP contribution < -0.4 is 15.0 Å². The number of piperazine rings is 1. The van der Waals surface area contributed by atoms with Gasteiger partial charge in [-0.25, -0.2) is 4.98 Å². The molecule has 1 aromatic heterocycles. The van der Waals surface area contributed by atoms with Gasteiger partial charge in [-0.1, -0.05) is 0 Å². The molecule has 94 valence electrons. The molecular weight excluding hydrogens is 216 g/mol. The predicted molar refractivity (Wildman–Crippen MR) is 67.6 cm³/mol. The Bertz CT molecular complexity index is 405. The number of anilines is 1. The SMILES string of the molecule is COc1cc(N2CCNCC2(C)C)nc(C)n1. The molecule has 0 unspecified atom stereocenters. The standard InChI is InChI=1S/C12H20N4O/c1-9-14-10(7-11(15-9)17-4)16-6-5-13-8-12(16,2)3/h7,13H,5-6,8H2,1-4H3. The summed E-state index contributed by atoms with van der Waals surface area (Å²) in [4.78, 5) is 11.0. The Morgan fingerprint density at radius 2 is 2.18 bits per heavy atom. The molecule has 2 rings (SSSR count). The molecule has 1 aliphatic heterocycles. The molecule has 1 N–H and O–H groups in total. The fourth-order valence-corrected chi connectivity index (χ4v) is 2.18. The number of aryl methyl sites for hydroxylation is 1. The van der Waals surface area contributed by atoms with E-state index in [9.17, 15) is 0 Å². The highest BCUT2D eigenvalue weighted by Gasteiger charge is 2.30. The number of hydrogen-bond donors (Lipinski definition) is 1. The van der Waals surface area contributed by atoms with E-state index in [-0.39, 0.29) is 5.54 Å². The van der Waals surface area contributed by atoms with Gasteiger partial charge in [0.05, 0.1) is 7.11 Å². The summed E-state index contributed by atoms with van der Waals surface area (Å²) in [5, 5.41) is 3.40. The Kier molecular flexibility index (Phi) is 3.19. The van der Waals surface area contributed by atoms with Crippen LogP contribution in [0.3, 0.4) is 0 Å². The van der Waals surface area contributed by atoms with Crippen LogP contribution in [0.25, 0.3) is 0 Å². The summed E-state index contributed by atoms with van der Waals surface area (Å²) >= 11 is 0. The summed E-state index contributed by atoms with van der Waals surface area (Å²) in [5.41, 5.74) is 0.0596. The van der Waals surface area contributed by atoms with Gasteiger partial charge >= 0.3 is 0 Å². The van der Waals surface area contributed by atoms with Crippen LogP contribution in [0.2, 0.25) is 0 Å². The van der Waals surface area contributed by atoms with Crippen LogP contribution in [0.15, 0.2) is 6.07 Å². The van der Waals surface area contributed by atoms with Crippen LogP contribution >= 0.6 is 0 Å². The third-order valence-corrected chi connectivity index (χ3v) is 3.09. The van der Waals surface area contributed by atoms with Gasteiger partial charge in [-0.3, -0.25) is 0 Å². The number of aromatic nitrogens is 2. The minimum atomic E-state index is 0.0596.